The van der Waals surface area contributed by atoms with E-state index in [1.54, 1.807) is 24.3 Å². The summed E-state index contributed by atoms with van der Waals surface area (Å²) in [4.78, 5) is 26.3. The number of fused-ring (bicyclic) bond motifs is 3. The van der Waals surface area contributed by atoms with Gasteiger partial charge in [0.05, 0.1) is 17.1 Å². The molecule has 3 aromatic carbocycles. The third-order valence-corrected chi connectivity index (χ3v) is 7.47. The monoisotopic (exact) mass is 487 g/mol. The number of amides is 1. The van der Waals surface area contributed by atoms with E-state index >= 15 is 0 Å². The summed E-state index contributed by atoms with van der Waals surface area (Å²) in [6.45, 7) is 0.475. The smallest absolute Gasteiger partial charge is 0.233 e. The Hall–Kier alpha value is -3.91. The van der Waals surface area contributed by atoms with Crippen LogP contribution in [-0.2, 0) is 32.5 Å². The topological polar surface area (TPSA) is 95.6 Å². The Kier molecular flexibility index (Phi) is 6.13. The highest BCUT2D eigenvalue weighted by Gasteiger charge is 2.25. The minimum Gasteiger partial charge on any atom is -0.339 e. The van der Waals surface area contributed by atoms with Gasteiger partial charge >= 0.3 is 0 Å². The molecule has 0 aromatic heterocycles. The number of nitrogens with zero attached hydrogens (tertiary/aromatic N) is 1. The molecule has 1 aliphatic carbocycles. The van der Waals surface area contributed by atoms with Gasteiger partial charge in [-0.2, -0.15) is 0 Å². The molecule has 0 saturated carbocycles. The molecule has 1 amide bonds. The Morgan fingerprint density at radius 2 is 1.69 bits per heavy atom. The number of carbonyl (C=O) groups excluding carboxylic acids is 2. The number of carbonyl (C=O) groups is 2. The van der Waals surface area contributed by atoms with Gasteiger partial charge in [-0.25, -0.2) is 8.42 Å². The van der Waals surface area contributed by atoms with Crippen molar-refractivity contribution in [1.82, 2.24) is 0 Å². The van der Waals surface area contributed by atoms with Crippen molar-refractivity contribution in [2.45, 2.75) is 19.3 Å². The Bertz CT molecular complexity index is 1410. The SMILES string of the molecule is O=C1C=Cc2c(ccc3c2NC(=O)CCN3c2ccc(NS(=O)(=O)CCc3ccccc3)cc2)C1. The van der Waals surface area contributed by atoms with Gasteiger partial charge in [0.2, 0.25) is 15.9 Å². The van der Waals surface area contributed by atoms with E-state index < -0.39 is 10.0 Å². The summed E-state index contributed by atoms with van der Waals surface area (Å²) in [5.74, 6) is -0.0565. The van der Waals surface area contributed by atoms with Crippen LogP contribution in [0.25, 0.3) is 6.08 Å². The lowest BCUT2D eigenvalue weighted by Crippen LogP contribution is -2.20. The lowest BCUT2D eigenvalue weighted by atomic mass is 9.94. The molecule has 0 atom stereocenters. The molecule has 0 spiro atoms. The van der Waals surface area contributed by atoms with E-state index in [2.05, 4.69) is 10.0 Å². The zero-order valence-electron chi connectivity index (χ0n) is 19.0. The van der Waals surface area contributed by atoms with E-state index in [1.807, 2.05) is 59.5 Å². The van der Waals surface area contributed by atoms with E-state index in [9.17, 15) is 18.0 Å². The van der Waals surface area contributed by atoms with Crippen molar-refractivity contribution in [2.24, 2.45) is 0 Å². The van der Waals surface area contributed by atoms with Crippen molar-refractivity contribution in [1.29, 1.82) is 0 Å². The van der Waals surface area contributed by atoms with Crippen molar-refractivity contribution >= 4 is 50.5 Å². The number of hydrogen-bond donors (Lipinski definition) is 2. The van der Waals surface area contributed by atoms with E-state index in [-0.39, 0.29) is 17.4 Å². The van der Waals surface area contributed by atoms with Crippen LogP contribution in [0, 0.1) is 0 Å². The molecular weight excluding hydrogens is 462 g/mol. The predicted molar refractivity (Wildman–Crippen MR) is 138 cm³/mol. The molecule has 8 heteroatoms. The standard InChI is InChI=1S/C27H25N3O4S/c31-23-11-12-24-20(18-23)6-13-25-27(24)28-26(32)14-16-30(25)22-9-7-21(8-10-22)29-35(33,34)17-15-19-4-2-1-3-5-19/h1-13,29H,14-18H2,(H,28,32). The normalized spacial score (nSPS) is 15.1. The molecule has 178 valence electrons. The minimum absolute atomic E-state index is 0.00677. The van der Waals surface area contributed by atoms with Gasteiger partial charge in [-0.05, 0) is 60.0 Å². The summed E-state index contributed by atoms with van der Waals surface area (Å²) in [5, 5.41) is 3.00. The zero-order chi connectivity index (χ0) is 24.4. The largest absolute Gasteiger partial charge is 0.339 e. The van der Waals surface area contributed by atoms with Crippen LogP contribution in [0.1, 0.15) is 23.1 Å². The van der Waals surface area contributed by atoms with Gasteiger partial charge in [-0.1, -0.05) is 36.4 Å². The number of hydrogen-bond acceptors (Lipinski definition) is 5. The second-order valence-electron chi connectivity index (χ2n) is 8.66. The van der Waals surface area contributed by atoms with Gasteiger partial charge in [0.15, 0.2) is 5.78 Å². The zero-order valence-corrected chi connectivity index (χ0v) is 19.8. The number of nitrogens with one attached hydrogen (secondary N) is 2. The van der Waals surface area contributed by atoms with Crippen molar-refractivity contribution in [3.63, 3.8) is 0 Å². The molecule has 2 N–H and O–H groups in total. The van der Waals surface area contributed by atoms with Gasteiger partial charge in [0.25, 0.3) is 0 Å². The highest BCUT2D eigenvalue weighted by Crippen LogP contribution is 2.40. The second kappa shape index (κ2) is 9.38. The van der Waals surface area contributed by atoms with Crippen molar-refractivity contribution < 1.29 is 18.0 Å². The summed E-state index contributed by atoms with van der Waals surface area (Å²) in [5.41, 5.74) is 5.56. The van der Waals surface area contributed by atoms with Crippen LogP contribution in [0.15, 0.2) is 72.8 Å². The molecule has 0 radical (unpaired) electrons. The first-order chi connectivity index (χ1) is 16.9. The second-order valence-corrected chi connectivity index (χ2v) is 10.5. The molecule has 0 fully saturated rings. The van der Waals surface area contributed by atoms with E-state index in [1.165, 1.54) is 0 Å². The predicted octanol–water partition coefficient (Wildman–Crippen LogP) is 4.29. The lowest BCUT2D eigenvalue weighted by Gasteiger charge is -2.26. The molecule has 5 rings (SSSR count). The van der Waals surface area contributed by atoms with Crippen molar-refractivity contribution in [3.05, 3.63) is 89.5 Å². The van der Waals surface area contributed by atoms with Gasteiger partial charge in [-0.3, -0.25) is 14.3 Å². The molecule has 1 heterocycles. The van der Waals surface area contributed by atoms with Gasteiger partial charge < -0.3 is 10.2 Å². The fourth-order valence-electron chi connectivity index (χ4n) is 4.42. The summed E-state index contributed by atoms with van der Waals surface area (Å²) >= 11 is 0. The van der Waals surface area contributed by atoms with E-state index in [0.29, 0.717) is 37.2 Å². The van der Waals surface area contributed by atoms with Crippen LogP contribution < -0.4 is 14.9 Å². The number of allylic oxidation sites excluding steroid dienone is 1. The summed E-state index contributed by atoms with van der Waals surface area (Å²) in [6, 6.07) is 20.5. The summed E-state index contributed by atoms with van der Waals surface area (Å²) in [6.07, 6.45) is 4.36. The van der Waals surface area contributed by atoms with Gasteiger partial charge in [0, 0.05) is 36.3 Å². The minimum atomic E-state index is -3.50. The fourth-order valence-corrected chi connectivity index (χ4v) is 5.52. The van der Waals surface area contributed by atoms with E-state index in [0.717, 1.165) is 28.1 Å². The first kappa shape index (κ1) is 22.9. The average molecular weight is 488 g/mol. The van der Waals surface area contributed by atoms with Crippen LogP contribution in [0.2, 0.25) is 0 Å². The Morgan fingerprint density at radius 1 is 0.914 bits per heavy atom. The van der Waals surface area contributed by atoms with Gasteiger partial charge in [0.1, 0.15) is 0 Å². The Labute approximate surface area is 204 Å². The molecule has 1 aliphatic heterocycles. The molecule has 2 aliphatic rings. The Morgan fingerprint density at radius 3 is 2.46 bits per heavy atom. The first-order valence-corrected chi connectivity index (χ1v) is 13.1. The molecule has 35 heavy (non-hydrogen) atoms. The first-order valence-electron chi connectivity index (χ1n) is 11.5. The van der Waals surface area contributed by atoms with Crippen LogP contribution in [0.4, 0.5) is 22.7 Å². The molecule has 3 aromatic rings. The molecule has 0 saturated heterocycles. The van der Waals surface area contributed by atoms with Crippen molar-refractivity contribution in [3.8, 4) is 0 Å². The third-order valence-electron chi connectivity index (χ3n) is 6.19. The number of sulfonamides is 1. The number of aryl methyl sites for hydroxylation is 1. The van der Waals surface area contributed by atoms with Crippen LogP contribution in [-0.4, -0.2) is 32.4 Å². The number of anilines is 4. The summed E-state index contributed by atoms with van der Waals surface area (Å²) < 4.78 is 27.8. The maximum absolute atomic E-state index is 12.6. The molecule has 0 bridgehead atoms. The fraction of sp³-hybridized carbons (Fsp3) is 0.185. The lowest BCUT2D eigenvalue weighted by molar-refractivity contribution is -0.116. The van der Waals surface area contributed by atoms with Crippen LogP contribution in [0.5, 0.6) is 0 Å². The van der Waals surface area contributed by atoms with Crippen LogP contribution in [0.3, 0.4) is 0 Å². The van der Waals surface area contributed by atoms with Crippen molar-refractivity contribution in [2.75, 3.05) is 27.2 Å². The third kappa shape index (κ3) is 5.12. The number of rotatable bonds is 6. The molecule has 7 nitrogen and oxygen atoms in total. The number of benzene rings is 3. The maximum atomic E-state index is 12.6. The highest BCUT2D eigenvalue weighted by atomic mass is 32.2. The van der Waals surface area contributed by atoms with Crippen LogP contribution >= 0.6 is 0 Å². The van der Waals surface area contributed by atoms with E-state index in [4.69, 9.17) is 0 Å². The quantitative estimate of drug-likeness (QED) is 0.541. The molecular formula is C27H25N3O4S. The molecule has 0 unspecified atom stereocenters. The van der Waals surface area contributed by atoms with Gasteiger partial charge in [-0.15, -0.1) is 0 Å². The highest BCUT2D eigenvalue weighted by molar-refractivity contribution is 7.92. The Balaban J connectivity index is 1.36. The maximum Gasteiger partial charge on any atom is 0.233 e. The number of ketones is 1. The average Bonchev–Trinajstić information content (AvgIpc) is 3.02. The summed E-state index contributed by atoms with van der Waals surface area (Å²) in [7, 11) is -3.50.